The number of benzene rings is 3. The third kappa shape index (κ3) is 10.6. The molecular weight excluding hydrogens is 663 g/mol. The Bertz CT molecular complexity index is 1340. The molecule has 0 saturated heterocycles. The number of esters is 2. The van der Waals surface area contributed by atoms with Crippen molar-refractivity contribution in [3.8, 4) is 0 Å². The van der Waals surface area contributed by atoms with E-state index >= 15 is 0 Å². The molecule has 4 rings (SSSR count). The first-order valence-electron chi connectivity index (χ1n) is 17.3. The molecule has 0 aliphatic heterocycles. The predicted molar refractivity (Wildman–Crippen MR) is 191 cm³/mol. The average Bonchev–Trinajstić information content (AvgIpc) is 3.08. The molecule has 0 unspecified atom stereocenters. The van der Waals surface area contributed by atoms with Crippen molar-refractivity contribution in [1.29, 1.82) is 0 Å². The topological polar surface area (TPSA) is 52.6 Å². The fourth-order valence-corrected chi connectivity index (χ4v) is 22.2. The van der Waals surface area contributed by atoms with Crippen LogP contribution in [0.3, 0.4) is 0 Å². The number of fused-ring (bicyclic) bond motifs is 1. The summed E-state index contributed by atoms with van der Waals surface area (Å²) >= 11 is -2.35. The van der Waals surface area contributed by atoms with Gasteiger partial charge in [-0.15, -0.1) is 0 Å². The van der Waals surface area contributed by atoms with Gasteiger partial charge in [-0.3, -0.25) is 0 Å². The maximum absolute atomic E-state index is 11.9. The van der Waals surface area contributed by atoms with E-state index < -0.39 is 18.4 Å². The monoisotopic (exact) mass is 718 g/mol. The van der Waals surface area contributed by atoms with Crippen LogP contribution in [0.4, 0.5) is 0 Å². The van der Waals surface area contributed by atoms with Gasteiger partial charge in [0, 0.05) is 0 Å². The molecule has 0 atom stereocenters. The summed E-state index contributed by atoms with van der Waals surface area (Å²) in [6, 6.07) is 24.7. The molecule has 242 valence electrons. The smallest absolute Gasteiger partial charge is 0.338 e. The Morgan fingerprint density at radius 2 is 1.13 bits per heavy atom. The SMILES string of the molecule is CCC[CH2][Sn]([CH2]CCC)([CH2]CCC)[c]1ccc(C(=O)OCC)cc1.CCOC(=O)c1ccc(C2=CCCc3ccccc32)cc1. The van der Waals surface area contributed by atoms with E-state index in [9.17, 15) is 9.59 Å². The molecule has 1 aliphatic carbocycles. The van der Waals surface area contributed by atoms with E-state index in [0.717, 1.165) is 18.4 Å². The minimum atomic E-state index is -2.35. The summed E-state index contributed by atoms with van der Waals surface area (Å²) in [7, 11) is 0. The van der Waals surface area contributed by atoms with Crippen LogP contribution in [0.1, 0.15) is 117 Å². The normalized spacial score (nSPS) is 12.3. The number of unbranched alkanes of at least 4 members (excludes halogenated alkanes) is 3. The predicted octanol–water partition coefficient (Wildman–Crippen LogP) is 10.2. The molecule has 0 bridgehead atoms. The molecule has 0 spiro atoms. The zero-order valence-corrected chi connectivity index (χ0v) is 31.2. The van der Waals surface area contributed by atoms with Crippen molar-refractivity contribution < 1.29 is 19.1 Å². The maximum Gasteiger partial charge on any atom is 0.338 e. The van der Waals surface area contributed by atoms with E-state index in [0.29, 0.717) is 24.3 Å². The summed E-state index contributed by atoms with van der Waals surface area (Å²) in [6.07, 6.45) is 12.4. The molecule has 45 heavy (non-hydrogen) atoms. The Kier molecular flexibility index (Phi) is 16.0. The van der Waals surface area contributed by atoms with Gasteiger partial charge in [0.15, 0.2) is 0 Å². The summed E-state index contributed by atoms with van der Waals surface area (Å²) in [4.78, 5) is 23.6. The largest absolute Gasteiger partial charge is 0.462 e. The van der Waals surface area contributed by atoms with Gasteiger partial charge in [0.2, 0.25) is 0 Å². The molecule has 1 aliphatic rings. The Morgan fingerprint density at radius 3 is 1.62 bits per heavy atom. The van der Waals surface area contributed by atoms with E-state index in [1.54, 1.807) is 3.58 Å². The van der Waals surface area contributed by atoms with E-state index in [1.807, 2.05) is 50.2 Å². The first-order valence-corrected chi connectivity index (χ1v) is 24.7. The number of aryl methyl sites for hydroxylation is 1. The van der Waals surface area contributed by atoms with Crippen LogP contribution in [0.25, 0.3) is 5.57 Å². The minimum absolute atomic E-state index is 0.194. The van der Waals surface area contributed by atoms with E-state index in [2.05, 4.69) is 63.2 Å². The molecule has 0 amide bonds. The van der Waals surface area contributed by atoms with Gasteiger partial charge in [-0.2, -0.15) is 0 Å². The van der Waals surface area contributed by atoms with Gasteiger partial charge >= 0.3 is 159 Å². The second-order valence-electron chi connectivity index (χ2n) is 12.0. The number of ether oxygens (including phenoxy) is 2. The van der Waals surface area contributed by atoms with Crippen LogP contribution in [-0.4, -0.2) is 43.5 Å². The molecule has 3 aromatic carbocycles. The van der Waals surface area contributed by atoms with Crippen LogP contribution in [0, 0.1) is 0 Å². The van der Waals surface area contributed by atoms with Gasteiger partial charge in [-0.1, -0.05) is 42.5 Å². The van der Waals surface area contributed by atoms with Crippen LogP contribution >= 0.6 is 0 Å². The van der Waals surface area contributed by atoms with E-state index in [4.69, 9.17) is 9.47 Å². The molecule has 0 radical (unpaired) electrons. The van der Waals surface area contributed by atoms with Gasteiger partial charge < -0.3 is 4.74 Å². The van der Waals surface area contributed by atoms with Crippen molar-refractivity contribution in [3.05, 3.63) is 107 Å². The second kappa shape index (κ2) is 19.6. The number of carbonyl (C=O) groups excluding carboxylic acids is 2. The van der Waals surface area contributed by atoms with E-state index in [1.165, 1.54) is 68.5 Å². The summed E-state index contributed by atoms with van der Waals surface area (Å²) in [6.45, 7) is 11.4. The fourth-order valence-electron chi connectivity index (χ4n) is 6.28. The van der Waals surface area contributed by atoms with Gasteiger partial charge in [-0.25, -0.2) is 4.79 Å². The number of rotatable bonds is 15. The third-order valence-electron chi connectivity index (χ3n) is 8.81. The Balaban J connectivity index is 0.000000247. The van der Waals surface area contributed by atoms with Crippen LogP contribution in [0.15, 0.2) is 78.9 Å². The van der Waals surface area contributed by atoms with Crippen molar-refractivity contribution in [2.45, 2.75) is 99.3 Å². The first-order chi connectivity index (χ1) is 21.9. The van der Waals surface area contributed by atoms with Crippen molar-refractivity contribution in [2.24, 2.45) is 0 Å². The van der Waals surface area contributed by atoms with Crippen molar-refractivity contribution in [1.82, 2.24) is 0 Å². The number of allylic oxidation sites excluding steroid dienone is 1. The Labute approximate surface area is 276 Å². The summed E-state index contributed by atoms with van der Waals surface area (Å²) in [5, 5.41) is 0. The van der Waals surface area contributed by atoms with Crippen molar-refractivity contribution >= 4 is 39.5 Å². The van der Waals surface area contributed by atoms with Gasteiger partial charge in [0.1, 0.15) is 0 Å². The average molecular weight is 718 g/mol. The molecule has 5 heteroatoms. The molecule has 0 N–H and O–H groups in total. The number of carbonyl (C=O) groups is 2. The molecule has 0 aromatic heterocycles. The van der Waals surface area contributed by atoms with E-state index in [-0.39, 0.29) is 11.9 Å². The molecule has 0 heterocycles. The molecule has 3 aromatic rings. The summed E-state index contributed by atoms with van der Waals surface area (Å²) in [5.74, 6) is -0.456. The van der Waals surface area contributed by atoms with Crippen molar-refractivity contribution in [3.63, 3.8) is 0 Å². The van der Waals surface area contributed by atoms with Gasteiger partial charge in [0.25, 0.3) is 0 Å². The zero-order chi connectivity index (χ0) is 32.5. The minimum Gasteiger partial charge on any atom is -0.462 e. The van der Waals surface area contributed by atoms with Crippen LogP contribution < -0.4 is 3.58 Å². The number of hydrogen-bond donors (Lipinski definition) is 0. The molecule has 0 saturated carbocycles. The maximum atomic E-state index is 11.9. The third-order valence-corrected chi connectivity index (χ3v) is 24.5. The number of hydrogen-bond acceptors (Lipinski definition) is 4. The summed E-state index contributed by atoms with van der Waals surface area (Å²) in [5.41, 5.74) is 6.40. The molecule has 4 nitrogen and oxygen atoms in total. The van der Waals surface area contributed by atoms with Crippen molar-refractivity contribution in [2.75, 3.05) is 13.2 Å². The Morgan fingerprint density at radius 1 is 0.644 bits per heavy atom. The van der Waals surface area contributed by atoms with Gasteiger partial charge in [0.05, 0.1) is 12.2 Å². The Hall–Kier alpha value is -2.86. The van der Waals surface area contributed by atoms with Gasteiger partial charge in [-0.05, 0) is 54.2 Å². The molecule has 0 fully saturated rings. The quantitative estimate of drug-likeness (QED) is 0.116. The van der Waals surface area contributed by atoms with Crippen LogP contribution in [0.2, 0.25) is 13.3 Å². The second-order valence-corrected chi connectivity index (χ2v) is 25.2. The van der Waals surface area contributed by atoms with Crippen LogP contribution in [0.5, 0.6) is 0 Å². The summed E-state index contributed by atoms with van der Waals surface area (Å²) < 4.78 is 16.1. The fraction of sp³-hybridized carbons (Fsp3) is 0.450. The first kappa shape index (κ1) is 36.6. The standard InChI is InChI=1S/C19H18O2.C9H9O2.3C4H9.Sn/c1-2-21-19(20)16-12-10-15(11-13-16)18-9-5-7-14-6-3-4-8-17(14)18;1-2-11-9(10)8-6-4-3-5-7-8;3*1-3-4-2;/h3-4,6,8-13H,2,5,7H2,1H3;4-7H,2H2,1H3;3*1,3-4H2,2H3;. The molecular formula is C40H54O4Sn. The van der Waals surface area contributed by atoms with Crippen LogP contribution in [-0.2, 0) is 15.9 Å². The zero-order valence-electron chi connectivity index (χ0n) is 28.3.